The van der Waals surface area contributed by atoms with Gasteiger partial charge in [-0.1, -0.05) is 6.07 Å². The van der Waals surface area contributed by atoms with E-state index in [4.69, 9.17) is 5.73 Å². The smallest absolute Gasteiger partial charge is 0.359 e. The third-order valence-electron chi connectivity index (χ3n) is 8.68. The fourth-order valence-corrected chi connectivity index (χ4v) is 6.53. The maximum atomic E-state index is 14.1. The number of hydrogen-bond donors (Lipinski definition) is 2. The van der Waals surface area contributed by atoms with Crippen LogP contribution in [0.25, 0.3) is 0 Å². The standard InChI is InChI=1S/C29H33F7N4O2.ClH/c1-17-11-21(30)3-4-23(17)24-16-40(22-5-8-39(9-6-22)26(37)42)10-7-27(24,25(41)38-2)15-18-12-19(28(31,32)33)14-20(13-18)29(34,35)36;/h3-4,11-14,22,24H,5-10,15-16H2,1-2H3,(H2,37,42)(H,38,41);1H. The Kier molecular flexibility index (Phi) is 10.3. The van der Waals surface area contributed by atoms with E-state index in [2.05, 4.69) is 10.2 Å². The molecule has 0 spiro atoms. The highest BCUT2D eigenvalue weighted by molar-refractivity contribution is 5.85. The van der Waals surface area contributed by atoms with Crippen molar-refractivity contribution >= 4 is 24.3 Å². The second-order valence-corrected chi connectivity index (χ2v) is 11.2. The van der Waals surface area contributed by atoms with E-state index in [0.29, 0.717) is 55.7 Å². The molecule has 4 rings (SSSR count). The number of carbonyl (C=O) groups excluding carboxylic acids is 2. The van der Waals surface area contributed by atoms with Gasteiger partial charge in [0.05, 0.1) is 16.5 Å². The molecule has 3 N–H and O–H groups in total. The molecule has 2 aliphatic heterocycles. The molecule has 0 aliphatic carbocycles. The highest BCUT2D eigenvalue weighted by atomic mass is 35.5. The first-order chi connectivity index (χ1) is 19.5. The van der Waals surface area contributed by atoms with Crippen LogP contribution in [0.2, 0.25) is 0 Å². The molecule has 2 aliphatic rings. The topological polar surface area (TPSA) is 78.7 Å². The average molecular weight is 639 g/mol. The van der Waals surface area contributed by atoms with Gasteiger partial charge in [-0.2, -0.15) is 26.3 Å². The summed E-state index contributed by atoms with van der Waals surface area (Å²) in [6, 6.07) is 4.94. The summed E-state index contributed by atoms with van der Waals surface area (Å²) in [4.78, 5) is 29.0. The minimum absolute atomic E-state index is 0. The lowest BCUT2D eigenvalue weighted by atomic mass is 9.62. The summed E-state index contributed by atoms with van der Waals surface area (Å²) in [5.74, 6) is -1.73. The summed E-state index contributed by atoms with van der Waals surface area (Å²) >= 11 is 0. The second kappa shape index (κ2) is 12.9. The summed E-state index contributed by atoms with van der Waals surface area (Å²) in [5.41, 5.74) is 1.90. The van der Waals surface area contributed by atoms with Gasteiger partial charge in [-0.3, -0.25) is 9.69 Å². The molecule has 2 heterocycles. The number of rotatable bonds is 5. The van der Waals surface area contributed by atoms with Crippen molar-refractivity contribution in [2.45, 2.75) is 56.9 Å². The molecule has 14 heteroatoms. The summed E-state index contributed by atoms with van der Waals surface area (Å²) in [7, 11) is 1.37. The molecule has 2 unspecified atom stereocenters. The van der Waals surface area contributed by atoms with Crippen LogP contribution in [0.3, 0.4) is 0 Å². The molecular weight excluding hydrogens is 605 g/mol. The Hall–Kier alpha value is -3.06. The lowest BCUT2D eigenvalue weighted by Gasteiger charge is -2.50. The molecule has 238 valence electrons. The zero-order valence-electron chi connectivity index (χ0n) is 23.6. The van der Waals surface area contributed by atoms with Gasteiger partial charge in [0.25, 0.3) is 0 Å². The van der Waals surface area contributed by atoms with Gasteiger partial charge in [0.15, 0.2) is 0 Å². The summed E-state index contributed by atoms with van der Waals surface area (Å²) in [5, 5.41) is 2.59. The number of benzene rings is 2. The zero-order chi connectivity index (χ0) is 31.0. The molecule has 2 aromatic rings. The van der Waals surface area contributed by atoms with Gasteiger partial charge >= 0.3 is 18.4 Å². The fraction of sp³-hybridized carbons (Fsp3) is 0.517. The van der Waals surface area contributed by atoms with Crippen molar-refractivity contribution in [1.29, 1.82) is 0 Å². The van der Waals surface area contributed by atoms with Crippen molar-refractivity contribution in [3.05, 3.63) is 70.0 Å². The number of likely N-dealkylation sites (tertiary alicyclic amines) is 2. The lowest BCUT2D eigenvalue weighted by Crippen LogP contribution is -2.57. The molecular formula is C29H34ClF7N4O2. The summed E-state index contributed by atoms with van der Waals surface area (Å²) < 4.78 is 96.2. The van der Waals surface area contributed by atoms with Crippen LogP contribution >= 0.6 is 12.4 Å². The van der Waals surface area contributed by atoms with Crippen LogP contribution < -0.4 is 11.1 Å². The maximum Gasteiger partial charge on any atom is 0.416 e. The van der Waals surface area contributed by atoms with Crippen molar-refractivity contribution in [3.8, 4) is 0 Å². The average Bonchev–Trinajstić information content (AvgIpc) is 2.92. The van der Waals surface area contributed by atoms with E-state index in [9.17, 15) is 40.3 Å². The molecule has 2 saturated heterocycles. The second-order valence-electron chi connectivity index (χ2n) is 11.2. The molecule has 0 radical (unpaired) electrons. The number of carbonyl (C=O) groups is 2. The number of amides is 3. The Labute approximate surface area is 251 Å². The first-order valence-electron chi connectivity index (χ1n) is 13.6. The first-order valence-corrected chi connectivity index (χ1v) is 13.6. The number of nitrogens with one attached hydrogen (secondary N) is 1. The molecule has 6 nitrogen and oxygen atoms in total. The van der Waals surface area contributed by atoms with Gasteiger partial charge in [-0.15, -0.1) is 12.4 Å². The van der Waals surface area contributed by atoms with Crippen LogP contribution in [0, 0.1) is 18.2 Å². The minimum Gasteiger partial charge on any atom is -0.359 e. The van der Waals surface area contributed by atoms with Crippen LogP contribution in [-0.4, -0.2) is 61.0 Å². The number of alkyl halides is 6. The number of halogens is 8. The van der Waals surface area contributed by atoms with E-state index in [-0.39, 0.29) is 43.0 Å². The van der Waals surface area contributed by atoms with Gasteiger partial charge in [0.2, 0.25) is 5.91 Å². The Morgan fingerprint density at radius 1 is 0.977 bits per heavy atom. The SMILES string of the molecule is CNC(=O)C1(Cc2cc(C(F)(F)F)cc(C(F)(F)F)c2)CCN(C2CCN(C(N)=O)CC2)CC1c1ccc(F)cc1C.Cl. The highest BCUT2D eigenvalue weighted by Gasteiger charge is 2.51. The molecule has 0 saturated carbocycles. The number of nitrogens with two attached hydrogens (primary N) is 1. The van der Waals surface area contributed by atoms with Gasteiger partial charge < -0.3 is 16.0 Å². The molecule has 2 aromatic carbocycles. The summed E-state index contributed by atoms with van der Waals surface area (Å²) in [6.07, 6.45) is -9.13. The van der Waals surface area contributed by atoms with E-state index in [0.717, 1.165) is 0 Å². The quantitative estimate of drug-likeness (QED) is 0.401. The Balaban J connectivity index is 0.00000506. The third-order valence-corrected chi connectivity index (χ3v) is 8.68. The van der Waals surface area contributed by atoms with E-state index >= 15 is 0 Å². The Morgan fingerprint density at radius 3 is 2.05 bits per heavy atom. The predicted molar refractivity (Wildman–Crippen MR) is 148 cm³/mol. The van der Waals surface area contributed by atoms with E-state index in [1.54, 1.807) is 6.92 Å². The van der Waals surface area contributed by atoms with Crippen LogP contribution in [0.5, 0.6) is 0 Å². The monoisotopic (exact) mass is 638 g/mol. The lowest BCUT2D eigenvalue weighted by molar-refractivity contribution is -0.143. The number of aryl methyl sites for hydroxylation is 1. The van der Waals surface area contributed by atoms with E-state index < -0.39 is 59.0 Å². The molecule has 43 heavy (non-hydrogen) atoms. The first kappa shape index (κ1) is 34.4. The fourth-order valence-electron chi connectivity index (χ4n) is 6.53. The van der Waals surface area contributed by atoms with Crippen molar-refractivity contribution < 1.29 is 40.3 Å². The summed E-state index contributed by atoms with van der Waals surface area (Å²) in [6.45, 7) is 3.12. The number of nitrogens with zero attached hydrogens (tertiary/aromatic N) is 2. The minimum atomic E-state index is -5.04. The van der Waals surface area contributed by atoms with Gasteiger partial charge in [-0.05, 0) is 86.2 Å². The van der Waals surface area contributed by atoms with Crippen LogP contribution in [0.1, 0.15) is 53.0 Å². The van der Waals surface area contributed by atoms with Gasteiger partial charge in [0.1, 0.15) is 5.82 Å². The number of piperidine rings is 2. The van der Waals surface area contributed by atoms with Crippen LogP contribution in [-0.2, 0) is 23.6 Å². The molecule has 2 fully saturated rings. The largest absolute Gasteiger partial charge is 0.416 e. The van der Waals surface area contributed by atoms with Crippen molar-refractivity contribution in [1.82, 2.24) is 15.1 Å². The third kappa shape index (κ3) is 7.36. The number of primary amides is 1. The normalized spacial score (nSPS) is 22.2. The van der Waals surface area contributed by atoms with Crippen molar-refractivity contribution in [2.24, 2.45) is 11.1 Å². The predicted octanol–water partition coefficient (Wildman–Crippen LogP) is 5.90. The van der Waals surface area contributed by atoms with Gasteiger partial charge in [-0.25, -0.2) is 9.18 Å². The van der Waals surface area contributed by atoms with E-state index in [1.165, 1.54) is 30.1 Å². The maximum absolute atomic E-state index is 14.1. The van der Waals surface area contributed by atoms with Crippen molar-refractivity contribution in [3.63, 3.8) is 0 Å². The van der Waals surface area contributed by atoms with Gasteiger partial charge in [0, 0.05) is 38.6 Å². The van der Waals surface area contributed by atoms with Crippen molar-refractivity contribution in [2.75, 3.05) is 33.2 Å². The molecule has 0 aromatic heterocycles. The van der Waals surface area contributed by atoms with Crippen LogP contribution in [0.4, 0.5) is 35.5 Å². The van der Waals surface area contributed by atoms with Crippen LogP contribution in [0.15, 0.2) is 36.4 Å². The number of urea groups is 1. The molecule has 0 bridgehead atoms. The highest BCUT2D eigenvalue weighted by Crippen LogP contribution is 2.48. The zero-order valence-corrected chi connectivity index (χ0v) is 24.4. The number of hydrogen-bond acceptors (Lipinski definition) is 3. The Morgan fingerprint density at radius 2 is 1.56 bits per heavy atom. The Bertz CT molecular complexity index is 1300. The molecule has 3 amide bonds. The molecule has 2 atom stereocenters. The van der Waals surface area contributed by atoms with E-state index in [1.807, 2.05) is 0 Å².